The second kappa shape index (κ2) is 9.48. The van der Waals surface area contributed by atoms with Crippen LogP contribution in [0.1, 0.15) is 61.5 Å². The van der Waals surface area contributed by atoms with Crippen molar-refractivity contribution in [3.63, 3.8) is 0 Å². The van der Waals surface area contributed by atoms with E-state index in [1.807, 2.05) is 20.0 Å². The Kier molecular flexibility index (Phi) is 7.03. The predicted molar refractivity (Wildman–Crippen MR) is 114 cm³/mol. The van der Waals surface area contributed by atoms with Gasteiger partial charge in [0.15, 0.2) is 0 Å². The number of aromatic nitrogens is 1. The standard InChI is InChI=1S/C22H29N3.C2H6/c1-17-18(2)23-12-11-21(17)22-10-6-9-20-16-24(13-14-25(20)22)15-19-7-4-3-5-8-19;1-2/h3-5,7-8,11-12,20,22H,6,9-10,13-16H2,1-2H3;1-2H3. The maximum atomic E-state index is 4.47. The molecule has 4 rings (SSSR count). The lowest BCUT2D eigenvalue weighted by Gasteiger charge is -2.49. The Hall–Kier alpha value is -1.71. The van der Waals surface area contributed by atoms with E-state index in [9.17, 15) is 0 Å². The third kappa shape index (κ3) is 4.59. The number of aryl methyl sites for hydroxylation is 1. The summed E-state index contributed by atoms with van der Waals surface area (Å²) in [6.45, 7) is 13.0. The first-order chi connectivity index (χ1) is 13.2. The fraction of sp³-hybridized carbons (Fsp3) is 0.542. The molecule has 2 saturated heterocycles. The van der Waals surface area contributed by atoms with Crippen LogP contribution in [0.15, 0.2) is 42.6 Å². The third-order valence-corrected chi connectivity index (χ3v) is 6.13. The maximum absolute atomic E-state index is 4.47. The van der Waals surface area contributed by atoms with Gasteiger partial charge in [-0.25, -0.2) is 0 Å². The molecular formula is C24H35N3. The summed E-state index contributed by atoms with van der Waals surface area (Å²) in [5.41, 5.74) is 5.51. The topological polar surface area (TPSA) is 19.4 Å². The van der Waals surface area contributed by atoms with Crippen molar-refractivity contribution in [2.45, 2.75) is 65.6 Å². The molecular weight excluding hydrogens is 330 g/mol. The van der Waals surface area contributed by atoms with Gasteiger partial charge in [0.2, 0.25) is 0 Å². The van der Waals surface area contributed by atoms with Crippen molar-refractivity contribution in [3.05, 3.63) is 65.0 Å². The number of nitrogens with zero attached hydrogens (tertiary/aromatic N) is 3. The maximum Gasteiger partial charge on any atom is 0.0405 e. The van der Waals surface area contributed by atoms with Crippen LogP contribution in [0.4, 0.5) is 0 Å². The highest BCUT2D eigenvalue weighted by atomic mass is 15.3. The first-order valence-corrected chi connectivity index (χ1v) is 10.7. The van der Waals surface area contributed by atoms with Gasteiger partial charge in [-0.2, -0.15) is 0 Å². The number of hydrogen-bond acceptors (Lipinski definition) is 3. The quantitative estimate of drug-likeness (QED) is 0.751. The summed E-state index contributed by atoms with van der Waals surface area (Å²) in [7, 11) is 0. The fourth-order valence-electron chi connectivity index (χ4n) is 4.65. The lowest BCUT2D eigenvalue weighted by atomic mass is 9.87. The first kappa shape index (κ1) is 20.0. The Balaban J connectivity index is 0.00000102. The number of piperazine rings is 1. The minimum absolute atomic E-state index is 0.583. The molecule has 0 N–H and O–H groups in total. The summed E-state index contributed by atoms with van der Waals surface area (Å²) in [5.74, 6) is 0. The zero-order valence-corrected chi connectivity index (χ0v) is 17.5. The monoisotopic (exact) mass is 365 g/mol. The van der Waals surface area contributed by atoms with Crippen molar-refractivity contribution < 1.29 is 0 Å². The van der Waals surface area contributed by atoms with Crippen molar-refractivity contribution in [2.75, 3.05) is 19.6 Å². The van der Waals surface area contributed by atoms with Crippen LogP contribution in [0.3, 0.4) is 0 Å². The number of hydrogen-bond donors (Lipinski definition) is 0. The minimum Gasteiger partial charge on any atom is -0.296 e. The molecule has 27 heavy (non-hydrogen) atoms. The van der Waals surface area contributed by atoms with Gasteiger partial charge in [0, 0.05) is 50.2 Å². The zero-order valence-electron chi connectivity index (χ0n) is 17.5. The highest BCUT2D eigenvalue weighted by Crippen LogP contribution is 2.37. The average molecular weight is 366 g/mol. The van der Waals surface area contributed by atoms with Crippen LogP contribution >= 0.6 is 0 Å². The number of benzene rings is 1. The molecule has 2 atom stereocenters. The molecule has 0 bridgehead atoms. The lowest BCUT2D eigenvalue weighted by molar-refractivity contribution is 0.00616. The summed E-state index contributed by atoms with van der Waals surface area (Å²) < 4.78 is 0. The van der Waals surface area contributed by atoms with E-state index in [4.69, 9.17) is 0 Å². The number of rotatable bonds is 3. The van der Waals surface area contributed by atoms with Gasteiger partial charge in [0.05, 0.1) is 0 Å². The summed E-state index contributed by atoms with van der Waals surface area (Å²) in [5, 5.41) is 0. The van der Waals surface area contributed by atoms with Gasteiger partial charge >= 0.3 is 0 Å². The predicted octanol–water partition coefficient (Wildman–Crippen LogP) is 5.14. The second-order valence-electron chi connectivity index (χ2n) is 7.67. The van der Waals surface area contributed by atoms with Crippen molar-refractivity contribution in [1.82, 2.24) is 14.8 Å². The zero-order chi connectivity index (χ0) is 19.2. The van der Waals surface area contributed by atoms with Gasteiger partial charge in [-0.1, -0.05) is 44.2 Å². The Bertz CT molecular complexity index is 713. The minimum atomic E-state index is 0.583. The largest absolute Gasteiger partial charge is 0.296 e. The van der Waals surface area contributed by atoms with Gasteiger partial charge in [-0.3, -0.25) is 14.8 Å². The SMILES string of the molecule is CC.Cc1nccc(C2CCCC3CN(Cc4ccccc4)CCN32)c1C. The molecule has 2 fully saturated rings. The van der Waals surface area contributed by atoms with E-state index in [1.165, 1.54) is 61.3 Å². The fourth-order valence-corrected chi connectivity index (χ4v) is 4.65. The Morgan fingerprint density at radius 3 is 2.56 bits per heavy atom. The van der Waals surface area contributed by atoms with Gasteiger partial charge in [-0.15, -0.1) is 0 Å². The summed E-state index contributed by atoms with van der Waals surface area (Å²) in [6.07, 6.45) is 5.96. The van der Waals surface area contributed by atoms with Gasteiger partial charge in [-0.05, 0) is 55.9 Å². The summed E-state index contributed by atoms with van der Waals surface area (Å²) >= 11 is 0. The van der Waals surface area contributed by atoms with E-state index in [0.29, 0.717) is 12.1 Å². The highest BCUT2D eigenvalue weighted by Gasteiger charge is 2.36. The molecule has 3 nitrogen and oxygen atoms in total. The Morgan fingerprint density at radius 2 is 1.78 bits per heavy atom. The molecule has 146 valence electrons. The smallest absolute Gasteiger partial charge is 0.0405 e. The molecule has 2 aliphatic heterocycles. The van der Waals surface area contributed by atoms with Gasteiger partial charge in [0.25, 0.3) is 0 Å². The molecule has 3 heteroatoms. The van der Waals surface area contributed by atoms with E-state index in [0.717, 1.165) is 6.54 Å². The lowest BCUT2D eigenvalue weighted by Crippen LogP contribution is -2.55. The van der Waals surface area contributed by atoms with E-state index < -0.39 is 0 Å². The number of piperidine rings is 1. The molecule has 0 radical (unpaired) electrons. The molecule has 0 aliphatic carbocycles. The molecule has 2 aromatic rings. The summed E-state index contributed by atoms with van der Waals surface area (Å²) in [4.78, 5) is 9.90. The normalized spacial score (nSPS) is 23.3. The van der Waals surface area contributed by atoms with Crippen LogP contribution in [-0.4, -0.2) is 40.5 Å². The van der Waals surface area contributed by atoms with Crippen molar-refractivity contribution in [2.24, 2.45) is 0 Å². The molecule has 2 aliphatic rings. The van der Waals surface area contributed by atoms with Gasteiger partial charge < -0.3 is 0 Å². The van der Waals surface area contributed by atoms with E-state index >= 15 is 0 Å². The van der Waals surface area contributed by atoms with Crippen LogP contribution in [0, 0.1) is 13.8 Å². The third-order valence-electron chi connectivity index (χ3n) is 6.13. The molecule has 3 heterocycles. The molecule has 1 aromatic heterocycles. The van der Waals surface area contributed by atoms with Crippen LogP contribution < -0.4 is 0 Å². The molecule has 2 unspecified atom stereocenters. The van der Waals surface area contributed by atoms with Gasteiger partial charge in [0.1, 0.15) is 0 Å². The average Bonchev–Trinajstić information content (AvgIpc) is 2.72. The van der Waals surface area contributed by atoms with Crippen LogP contribution in [0.2, 0.25) is 0 Å². The van der Waals surface area contributed by atoms with Crippen molar-refractivity contribution >= 4 is 0 Å². The Labute approximate surface area is 165 Å². The van der Waals surface area contributed by atoms with E-state index in [1.54, 1.807) is 0 Å². The van der Waals surface area contributed by atoms with E-state index in [2.05, 4.69) is 65.0 Å². The highest BCUT2D eigenvalue weighted by molar-refractivity contribution is 5.31. The summed E-state index contributed by atoms with van der Waals surface area (Å²) in [6, 6.07) is 14.4. The molecule has 1 aromatic carbocycles. The van der Waals surface area contributed by atoms with Crippen LogP contribution in [0.5, 0.6) is 0 Å². The Morgan fingerprint density at radius 1 is 1.00 bits per heavy atom. The first-order valence-electron chi connectivity index (χ1n) is 10.7. The van der Waals surface area contributed by atoms with Crippen LogP contribution in [0.25, 0.3) is 0 Å². The molecule has 0 saturated carbocycles. The number of pyridine rings is 1. The van der Waals surface area contributed by atoms with Crippen molar-refractivity contribution in [3.8, 4) is 0 Å². The second-order valence-corrected chi connectivity index (χ2v) is 7.67. The van der Waals surface area contributed by atoms with E-state index in [-0.39, 0.29) is 0 Å². The molecule has 0 amide bonds. The van der Waals surface area contributed by atoms with Crippen LogP contribution in [-0.2, 0) is 6.54 Å². The van der Waals surface area contributed by atoms with Crippen molar-refractivity contribution in [1.29, 1.82) is 0 Å². The number of fused-ring (bicyclic) bond motifs is 1. The molecule has 0 spiro atoms.